The van der Waals surface area contributed by atoms with Crippen LogP contribution in [0, 0.1) is 0 Å². The monoisotopic (exact) mass is 404 g/mol. The van der Waals surface area contributed by atoms with Gasteiger partial charge in [0, 0.05) is 23.4 Å². The molecule has 0 spiro atoms. The highest BCUT2D eigenvalue weighted by Gasteiger charge is 2.16. The highest BCUT2D eigenvalue weighted by atomic mass is 35.5. The van der Waals surface area contributed by atoms with Crippen molar-refractivity contribution in [3.05, 3.63) is 94.0 Å². The molecule has 0 aromatic heterocycles. The summed E-state index contributed by atoms with van der Waals surface area (Å²) in [5, 5.41) is 13.0. The average molecular weight is 405 g/mol. The Labute approximate surface area is 174 Å². The number of nitrogens with zero attached hydrogens (tertiary/aromatic N) is 1. The number of nitrogens with one attached hydrogen (secondary N) is 1. The van der Waals surface area contributed by atoms with Gasteiger partial charge in [0.2, 0.25) is 0 Å². The van der Waals surface area contributed by atoms with Crippen LogP contribution in [-0.2, 0) is 6.54 Å². The summed E-state index contributed by atoms with van der Waals surface area (Å²) >= 11 is 6.09. The van der Waals surface area contributed by atoms with Gasteiger partial charge < -0.3 is 10.4 Å². The normalized spacial score (nSPS) is 13.2. The number of hydrogen-bond acceptors (Lipinski definition) is 3. The Hall–Kier alpha value is -2.95. The van der Waals surface area contributed by atoms with E-state index in [4.69, 9.17) is 11.6 Å². The fourth-order valence-corrected chi connectivity index (χ4v) is 3.74. The first-order chi connectivity index (χ1) is 14.1. The molecule has 0 radical (unpaired) electrons. The molecule has 29 heavy (non-hydrogen) atoms. The molecule has 3 aromatic rings. The second kappa shape index (κ2) is 8.60. The van der Waals surface area contributed by atoms with Gasteiger partial charge in [0.15, 0.2) is 0 Å². The minimum absolute atomic E-state index is 0.0336. The molecule has 1 unspecified atom stereocenters. The molecule has 1 heterocycles. The highest BCUT2D eigenvalue weighted by molar-refractivity contribution is 6.30. The Bertz CT molecular complexity index is 1080. The van der Waals surface area contributed by atoms with Crippen molar-refractivity contribution >= 4 is 23.7 Å². The SMILES string of the molecule is O=C(NC(CCO)c1cccc(Cl)c1)c1cccc(-c2ccc3c(c2)C=NC3)c1. The molecular formula is C24H21ClN2O2. The van der Waals surface area contributed by atoms with Crippen molar-refractivity contribution in [2.45, 2.75) is 19.0 Å². The summed E-state index contributed by atoms with van der Waals surface area (Å²) in [5.41, 5.74) is 5.81. The van der Waals surface area contributed by atoms with Crippen molar-refractivity contribution in [2.24, 2.45) is 4.99 Å². The molecule has 0 aliphatic carbocycles. The molecule has 1 aliphatic rings. The third kappa shape index (κ3) is 4.39. The van der Waals surface area contributed by atoms with Gasteiger partial charge in [-0.2, -0.15) is 0 Å². The van der Waals surface area contributed by atoms with Gasteiger partial charge in [0.05, 0.1) is 12.6 Å². The van der Waals surface area contributed by atoms with Crippen molar-refractivity contribution in [3.63, 3.8) is 0 Å². The van der Waals surface area contributed by atoms with E-state index in [9.17, 15) is 9.90 Å². The van der Waals surface area contributed by atoms with Crippen LogP contribution in [0.5, 0.6) is 0 Å². The average Bonchev–Trinajstić information content (AvgIpc) is 3.21. The number of fused-ring (bicyclic) bond motifs is 1. The fourth-order valence-electron chi connectivity index (χ4n) is 3.54. The van der Waals surface area contributed by atoms with E-state index in [1.165, 1.54) is 5.56 Å². The number of amides is 1. The first kappa shape index (κ1) is 19.4. The molecule has 0 saturated carbocycles. The first-order valence-electron chi connectivity index (χ1n) is 9.54. The summed E-state index contributed by atoms with van der Waals surface area (Å²) in [6.45, 7) is 0.696. The van der Waals surface area contributed by atoms with Crippen LogP contribution in [0.2, 0.25) is 5.02 Å². The lowest BCUT2D eigenvalue weighted by atomic mass is 9.98. The van der Waals surface area contributed by atoms with Crippen LogP contribution in [-0.4, -0.2) is 23.8 Å². The summed E-state index contributed by atoms with van der Waals surface area (Å²) < 4.78 is 0. The van der Waals surface area contributed by atoms with E-state index in [1.54, 1.807) is 12.1 Å². The topological polar surface area (TPSA) is 61.7 Å². The number of carbonyl (C=O) groups is 1. The van der Waals surface area contributed by atoms with Gasteiger partial charge in [-0.1, -0.05) is 48.0 Å². The fraction of sp³-hybridized carbons (Fsp3) is 0.167. The maximum absolute atomic E-state index is 12.9. The third-order valence-corrected chi connectivity index (χ3v) is 5.31. The van der Waals surface area contributed by atoms with Gasteiger partial charge in [0.25, 0.3) is 5.91 Å². The zero-order valence-electron chi connectivity index (χ0n) is 15.8. The van der Waals surface area contributed by atoms with Crippen LogP contribution < -0.4 is 5.32 Å². The Kier molecular flexibility index (Phi) is 5.74. The number of aliphatic hydroxyl groups excluding tert-OH is 1. The molecule has 146 valence electrons. The van der Waals surface area contributed by atoms with E-state index in [1.807, 2.05) is 42.6 Å². The van der Waals surface area contributed by atoms with Crippen LogP contribution in [0.1, 0.15) is 39.5 Å². The summed E-state index contributed by atoms with van der Waals surface area (Å²) in [5.74, 6) is -0.187. The van der Waals surface area contributed by atoms with E-state index < -0.39 is 0 Å². The Morgan fingerprint density at radius 1 is 1.07 bits per heavy atom. The van der Waals surface area contributed by atoms with Crippen LogP contribution in [0.3, 0.4) is 0 Å². The molecule has 0 fully saturated rings. The Balaban J connectivity index is 1.57. The predicted octanol–water partition coefficient (Wildman–Crippen LogP) is 4.79. The molecule has 1 amide bonds. The standard InChI is InChI=1S/C24H21ClN2O2/c25-22-6-2-4-18(13-22)23(9-10-28)27-24(29)19-5-1-3-16(11-19)17-7-8-20-14-26-15-21(20)12-17/h1-8,11-13,15,23,28H,9-10,14H2,(H,27,29). The summed E-state index contributed by atoms with van der Waals surface area (Å²) in [7, 11) is 0. The molecule has 5 heteroatoms. The Morgan fingerprint density at radius 3 is 2.72 bits per heavy atom. The molecule has 1 atom stereocenters. The van der Waals surface area contributed by atoms with Gasteiger partial charge in [-0.15, -0.1) is 0 Å². The van der Waals surface area contributed by atoms with Crippen molar-refractivity contribution < 1.29 is 9.90 Å². The van der Waals surface area contributed by atoms with Gasteiger partial charge in [0.1, 0.15) is 0 Å². The second-order valence-corrected chi connectivity index (χ2v) is 7.49. The number of aliphatic hydroxyl groups is 1. The molecule has 4 rings (SSSR count). The first-order valence-corrected chi connectivity index (χ1v) is 9.92. The van der Waals surface area contributed by atoms with E-state index in [-0.39, 0.29) is 18.6 Å². The maximum Gasteiger partial charge on any atom is 0.251 e. The zero-order chi connectivity index (χ0) is 20.2. The molecule has 3 aromatic carbocycles. The lowest BCUT2D eigenvalue weighted by Crippen LogP contribution is -2.29. The zero-order valence-corrected chi connectivity index (χ0v) is 16.6. The largest absolute Gasteiger partial charge is 0.396 e. The van der Waals surface area contributed by atoms with Crippen molar-refractivity contribution in [3.8, 4) is 11.1 Å². The number of carbonyl (C=O) groups excluding carboxylic acids is 1. The van der Waals surface area contributed by atoms with Crippen LogP contribution in [0.4, 0.5) is 0 Å². The van der Waals surface area contributed by atoms with E-state index >= 15 is 0 Å². The summed E-state index contributed by atoms with van der Waals surface area (Å²) in [6, 6.07) is 20.8. The van der Waals surface area contributed by atoms with Crippen molar-refractivity contribution in [1.82, 2.24) is 5.32 Å². The quantitative estimate of drug-likeness (QED) is 0.620. The van der Waals surface area contributed by atoms with Gasteiger partial charge >= 0.3 is 0 Å². The Morgan fingerprint density at radius 2 is 1.90 bits per heavy atom. The number of benzene rings is 3. The molecule has 2 N–H and O–H groups in total. The van der Waals surface area contributed by atoms with Crippen molar-refractivity contribution in [1.29, 1.82) is 0 Å². The predicted molar refractivity (Wildman–Crippen MR) is 117 cm³/mol. The minimum Gasteiger partial charge on any atom is -0.396 e. The molecule has 4 nitrogen and oxygen atoms in total. The highest BCUT2D eigenvalue weighted by Crippen LogP contribution is 2.26. The summed E-state index contributed by atoms with van der Waals surface area (Å²) in [6.07, 6.45) is 2.30. The lowest BCUT2D eigenvalue weighted by Gasteiger charge is -2.19. The maximum atomic E-state index is 12.9. The lowest BCUT2D eigenvalue weighted by molar-refractivity contribution is 0.0930. The van der Waals surface area contributed by atoms with Crippen LogP contribution in [0.25, 0.3) is 11.1 Å². The van der Waals surface area contributed by atoms with Gasteiger partial charge in [-0.3, -0.25) is 9.79 Å². The third-order valence-electron chi connectivity index (χ3n) is 5.07. The number of halogens is 1. The number of hydrogen-bond donors (Lipinski definition) is 2. The molecular weight excluding hydrogens is 384 g/mol. The van der Waals surface area contributed by atoms with Crippen LogP contribution >= 0.6 is 11.6 Å². The van der Waals surface area contributed by atoms with Gasteiger partial charge in [-0.05, 0) is 64.6 Å². The number of rotatable bonds is 6. The molecule has 0 saturated heterocycles. The van der Waals surface area contributed by atoms with E-state index in [0.29, 0.717) is 17.0 Å². The molecule has 0 bridgehead atoms. The number of aliphatic imine (C=N–C) groups is 1. The minimum atomic E-state index is -0.314. The van der Waals surface area contributed by atoms with E-state index in [2.05, 4.69) is 28.5 Å². The second-order valence-electron chi connectivity index (χ2n) is 7.06. The molecule has 1 aliphatic heterocycles. The van der Waals surface area contributed by atoms with Crippen LogP contribution in [0.15, 0.2) is 71.7 Å². The van der Waals surface area contributed by atoms with Gasteiger partial charge in [-0.25, -0.2) is 0 Å². The van der Waals surface area contributed by atoms with E-state index in [0.717, 1.165) is 28.8 Å². The summed E-state index contributed by atoms with van der Waals surface area (Å²) in [4.78, 5) is 17.2. The smallest absolute Gasteiger partial charge is 0.251 e. The van der Waals surface area contributed by atoms with Crippen molar-refractivity contribution in [2.75, 3.05) is 6.61 Å².